The minimum atomic E-state index is -3.29. The highest BCUT2D eigenvalue weighted by molar-refractivity contribution is 7.86. The van der Waals surface area contributed by atoms with Crippen molar-refractivity contribution in [3.63, 3.8) is 0 Å². The van der Waals surface area contributed by atoms with Gasteiger partial charge < -0.3 is 0 Å². The maximum atomic E-state index is 11.0. The van der Waals surface area contributed by atoms with Gasteiger partial charge in [-0.1, -0.05) is 52.4 Å². The molecular weight excluding hydrogens is 224 g/mol. The van der Waals surface area contributed by atoms with Gasteiger partial charge in [-0.25, -0.2) is 0 Å². The zero-order valence-electron chi connectivity index (χ0n) is 10.9. The Balaban J connectivity index is 3.56. The minimum absolute atomic E-state index is 0.124. The van der Waals surface area contributed by atoms with Crippen molar-refractivity contribution in [2.24, 2.45) is 0 Å². The summed E-state index contributed by atoms with van der Waals surface area (Å²) in [5.41, 5.74) is 0. The molecule has 0 aromatic heterocycles. The fourth-order valence-corrected chi connectivity index (χ4v) is 2.45. The van der Waals surface area contributed by atoms with Crippen LogP contribution in [0.3, 0.4) is 0 Å². The first-order valence-corrected chi connectivity index (χ1v) is 8.19. The van der Waals surface area contributed by atoms with Crippen LogP contribution in [0.1, 0.15) is 65.2 Å². The van der Waals surface area contributed by atoms with E-state index in [2.05, 4.69) is 6.92 Å². The molecule has 0 bridgehead atoms. The van der Waals surface area contributed by atoms with Crippen molar-refractivity contribution in [2.75, 3.05) is 6.26 Å². The average Bonchev–Trinajstić information content (AvgIpc) is 2.19. The van der Waals surface area contributed by atoms with Crippen LogP contribution < -0.4 is 0 Å². The third-order valence-electron chi connectivity index (χ3n) is 2.65. The number of rotatable bonds is 10. The van der Waals surface area contributed by atoms with E-state index >= 15 is 0 Å². The Morgan fingerprint density at radius 1 is 1.00 bits per heavy atom. The molecular formula is C12H26O3S. The molecule has 0 aliphatic carbocycles. The molecule has 0 aliphatic heterocycles. The summed E-state index contributed by atoms with van der Waals surface area (Å²) in [5, 5.41) is 0. The summed E-state index contributed by atoms with van der Waals surface area (Å²) in [5.74, 6) is 0. The van der Waals surface area contributed by atoms with Gasteiger partial charge in [0.15, 0.2) is 0 Å². The molecule has 3 nitrogen and oxygen atoms in total. The third kappa shape index (κ3) is 10.4. The smallest absolute Gasteiger partial charge is 0.264 e. The van der Waals surface area contributed by atoms with E-state index in [1.165, 1.54) is 32.1 Å². The summed E-state index contributed by atoms with van der Waals surface area (Å²) >= 11 is 0. The molecule has 0 aromatic carbocycles. The minimum Gasteiger partial charge on any atom is -0.267 e. The summed E-state index contributed by atoms with van der Waals surface area (Å²) in [7, 11) is -3.29. The van der Waals surface area contributed by atoms with Crippen LogP contribution in [0.2, 0.25) is 0 Å². The van der Waals surface area contributed by atoms with E-state index in [0.717, 1.165) is 25.5 Å². The molecule has 0 radical (unpaired) electrons. The number of hydrogen-bond acceptors (Lipinski definition) is 3. The van der Waals surface area contributed by atoms with Crippen molar-refractivity contribution in [3.8, 4) is 0 Å². The van der Waals surface area contributed by atoms with Gasteiger partial charge in [0.25, 0.3) is 10.1 Å². The van der Waals surface area contributed by atoms with Crippen molar-refractivity contribution in [2.45, 2.75) is 71.3 Å². The predicted molar refractivity (Wildman–Crippen MR) is 68.0 cm³/mol. The highest BCUT2D eigenvalue weighted by Gasteiger charge is 2.12. The van der Waals surface area contributed by atoms with Gasteiger partial charge in [0.05, 0.1) is 12.4 Å². The standard InChI is InChI=1S/C12H26O3S/c1-4-6-7-8-9-10-11-12(5-2)15-16(3,13)14/h12H,4-11H2,1-3H3. The van der Waals surface area contributed by atoms with Crippen LogP contribution >= 0.6 is 0 Å². The molecule has 0 rings (SSSR count). The Morgan fingerprint density at radius 2 is 1.56 bits per heavy atom. The third-order valence-corrected chi connectivity index (χ3v) is 3.27. The highest BCUT2D eigenvalue weighted by atomic mass is 32.2. The highest BCUT2D eigenvalue weighted by Crippen LogP contribution is 2.13. The molecule has 0 fully saturated rings. The van der Waals surface area contributed by atoms with Gasteiger partial charge in [-0.3, -0.25) is 4.18 Å². The van der Waals surface area contributed by atoms with Crippen molar-refractivity contribution >= 4 is 10.1 Å². The Hall–Kier alpha value is -0.0900. The Kier molecular flexibility index (Phi) is 8.94. The molecule has 0 aliphatic rings. The molecule has 4 heteroatoms. The largest absolute Gasteiger partial charge is 0.267 e. The first-order valence-electron chi connectivity index (χ1n) is 6.37. The van der Waals surface area contributed by atoms with Crippen LogP contribution in [0.4, 0.5) is 0 Å². The quantitative estimate of drug-likeness (QED) is 0.440. The molecule has 98 valence electrons. The molecule has 0 saturated heterocycles. The number of hydrogen-bond donors (Lipinski definition) is 0. The lowest BCUT2D eigenvalue weighted by molar-refractivity contribution is 0.192. The SMILES string of the molecule is CCCCCCCCC(CC)OS(C)(=O)=O. The zero-order chi connectivity index (χ0) is 12.4. The van der Waals surface area contributed by atoms with E-state index < -0.39 is 10.1 Å². The Bertz CT molecular complexity index is 247. The molecule has 0 spiro atoms. The predicted octanol–water partition coefficient (Wildman–Crippen LogP) is 3.49. The van der Waals surface area contributed by atoms with E-state index in [1.807, 2.05) is 6.92 Å². The van der Waals surface area contributed by atoms with Gasteiger partial charge in [0.1, 0.15) is 0 Å². The lowest BCUT2D eigenvalue weighted by Gasteiger charge is -2.13. The van der Waals surface area contributed by atoms with Crippen LogP contribution in [-0.2, 0) is 14.3 Å². The van der Waals surface area contributed by atoms with Gasteiger partial charge in [-0.15, -0.1) is 0 Å². The molecule has 16 heavy (non-hydrogen) atoms. The van der Waals surface area contributed by atoms with E-state index in [4.69, 9.17) is 4.18 Å². The van der Waals surface area contributed by atoms with Gasteiger partial charge in [-0.2, -0.15) is 8.42 Å². The van der Waals surface area contributed by atoms with Gasteiger partial charge in [0, 0.05) is 0 Å². The van der Waals surface area contributed by atoms with Crippen LogP contribution in [0.25, 0.3) is 0 Å². The fraction of sp³-hybridized carbons (Fsp3) is 1.00. The van der Waals surface area contributed by atoms with Crippen molar-refractivity contribution in [3.05, 3.63) is 0 Å². The monoisotopic (exact) mass is 250 g/mol. The molecule has 0 N–H and O–H groups in total. The van der Waals surface area contributed by atoms with Crippen LogP contribution in [0.15, 0.2) is 0 Å². The second-order valence-electron chi connectivity index (χ2n) is 4.39. The Morgan fingerprint density at radius 3 is 2.06 bits per heavy atom. The second kappa shape index (κ2) is 8.99. The summed E-state index contributed by atoms with van der Waals surface area (Å²) in [6.45, 7) is 4.17. The van der Waals surface area contributed by atoms with Crippen LogP contribution in [-0.4, -0.2) is 20.8 Å². The first kappa shape index (κ1) is 15.9. The Labute approximate surface area is 101 Å². The topological polar surface area (TPSA) is 43.4 Å². The average molecular weight is 250 g/mol. The summed E-state index contributed by atoms with van der Waals surface area (Å²) in [4.78, 5) is 0. The van der Waals surface area contributed by atoms with E-state index in [-0.39, 0.29) is 6.10 Å². The molecule has 0 amide bonds. The number of unbranched alkanes of at least 4 members (excludes halogenated alkanes) is 5. The van der Waals surface area contributed by atoms with Crippen LogP contribution in [0, 0.1) is 0 Å². The van der Waals surface area contributed by atoms with Gasteiger partial charge in [-0.05, 0) is 12.8 Å². The second-order valence-corrected chi connectivity index (χ2v) is 5.99. The van der Waals surface area contributed by atoms with Crippen LogP contribution in [0.5, 0.6) is 0 Å². The molecule has 0 heterocycles. The lowest BCUT2D eigenvalue weighted by atomic mass is 10.1. The van der Waals surface area contributed by atoms with Gasteiger partial charge in [0.2, 0.25) is 0 Å². The van der Waals surface area contributed by atoms with E-state index in [1.54, 1.807) is 0 Å². The molecule has 0 aromatic rings. The lowest BCUT2D eigenvalue weighted by Crippen LogP contribution is -2.16. The summed E-state index contributed by atoms with van der Waals surface area (Å²) < 4.78 is 26.9. The summed E-state index contributed by atoms with van der Waals surface area (Å²) in [6.07, 6.45) is 9.98. The maximum Gasteiger partial charge on any atom is 0.264 e. The normalized spacial score (nSPS) is 13.9. The maximum absolute atomic E-state index is 11.0. The summed E-state index contributed by atoms with van der Waals surface area (Å²) in [6, 6.07) is 0. The fourth-order valence-electron chi connectivity index (χ4n) is 1.72. The first-order chi connectivity index (χ1) is 7.49. The van der Waals surface area contributed by atoms with Gasteiger partial charge >= 0.3 is 0 Å². The zero-order valence-corrected chi connectivity index (χ0v) is 11.7. The van der Waals surface area contributed by atoms with E-state index in [0.29, 0.717) is 0 Å². The van der Waals surface area contributed by atoms with Crippen molar-refractivity contribution < 1.29 is 12.6 Å². The van der Waals surface area contributed by atoms with Crippen molar-refractivity contribution in [1.29, 1.82) is 0 Å². The molecule has 0 saturated carbocycles. The van der Waals surface area contributed by atoms with Crippen molar-refractivity contribution in [1.82, 2.24) is 0 Å². The molecule has 1 atom stereocenters. The van der Waals surface area contributed by atoms with E-state index in [9.17, 15) is 8.42 Å². The molecule has 1 unspecified atom stereocenters.